The van der Waals surface area contributed by atoms with Crippen molar-refractivity contribution in [2.24, 2.45) is 11.5 Å². The highest BCUT2D eigenvalue weighted by Gasteiger charge is 2.08. The Kier molecular flexibility index (Phi) is 10.8. The molecule has 1 atom stereocenters. The minimum absolute atomic E-state index is 0.216. The van der Waals surface area contributed by atoms with E-state index in [-0.39, 0.29) is 18.9 Å². The van der Waals surface area contributed by atoms with Gasteiger partial charge < -0.3 is 27.0 Å². The lowest BCUT2D eigenvalue weighted by atomic mass is 10.1. The number of carboxylic acids is 2. The number of carboxylic acid groups (broad SMARTS) is 2. The first-order valence-corrected chi connectivity index (χ1v) is 7.07. The molecule has 0 aromatic heterocycles. The van der Waals surface area contributed by atoms with Gasteiger partial charge in [0.2, 0.25) is 5.91 Å². The molecular formula is C15H23N3O5. The van der Waals surface area contributed by atoms with Gasteiger partial charge in [-0.1, -0.05) is 30.3 Å². The van der Waals surface area contributed by atoms with E-state index in [1.807, 2.05) is 30.3 Å². The molecule has 0 saturated carbocycles. The van der Waals surface area contributed by atoms with Crippen LogP contribution in [0.3, 0.4) is 0 Å². The summed E-state index contributed by atoms with van der Waals surface area (Å²) < 4.78 is 0. The Morgan fingerprint density at radius 3 is 2.22 bits per heavy atom. The van der Waals surface area contributed by atoms with Gasteiger partial charge in [-0.25, -0.2) is 0 Å². The quantitative estimate of drug-likeness (QED) is 0.434. The zero-order chi connectivity index (χ0) is 17.7. The van der Waals surface area contributed by atoms with E-state index in [1.165, 1.54) is 0 Å². The van der Waals surface area contributed by atoms with Crippen molar-refractivity contribution in [3.05, 3.63) is 35.9 Å². The van der Waals surface area contributed by atoms with Gasteiger partial charge in [0.1, 0.15) is 12.6 Å². The van der Waals surface area contributed by atoms with Crippen LogP contribution in [-0.4, -0.2) is 47.2 Å². The van der Waals surface area contributed by atoms with Crippen LogP contribution in [0.5, 0.6) is 0 Å². The predicted octanol–water partition coefficient (Wildman–Crippen LogP) is -0.433. The number of nitrogens with two attached hydrogens (primary N) is 2. The Morgan fingerprint density at radius 2 is 1.74 bits per heavy atom. The van der Waals surface area contributed by atoms with Gasteiger partial charge in [0.05, 0.1) is 6.42 Å². The van der Waals surface area contributed by atoms with E-state index < -0.39 is 18.0 Å². The fraction of sp³-hybridized carbons (Fsp3) is 0.400. The van der Waals surface area contributed by atoms with E-state index in [2.05, 4.69) is 5.32 Å². The van der Waals surface area contributed by atoms with Crippen LogP contribution in [0.15, 0.2) is 30.3 Å². The third-order valence-electron chi connectivity index (χ3n) is 2.68. The van der Waals surface area contributed by atoms with Crippen molar-refractivity contribution in [2.75, 3.05) is 13.1 Å². The molecule has 1 aromatic carbocycles. The molecule has 7 N–H and O–H groups in total. The molecule has 0 aliphatic heterocycles. The van der Waals surface area contributed by atoms with Crippen molar-refractivity contribution in [3.63, 3.8) is 0 Å². The minimum atomic E-state index is -1.04. The molecule has 0 bridgehead atoms. The molecule has 1 amide bonds. The Labute approximate surface area is 134 Å². The lowest BCUT2D eigenvalue weighted by Gasteiger charge is -2.02. The smallest absolute Gasteiger partial charge is 0.322 e. The molecule has 0 saturated heterocycles. The molecule has 0 aliphatic rings. The monoisotopic (exact) mass is 325 g/mol. The number of nitrogens with one attached hydrogen (secondary N) is 1. The average molecular weight is 325 g/mol. The molecule has 8 heteroatoms. The normalized spacial score (nSPS) is 10.9. The number of hydrogen-bond acceptors (Lipinski definition) is 5. The fourth-order valence-corrected chi connectivity index (χ4v) is 1.48. The summed E-state index contributed by atoms with van der Waals surface area (Å²) >= 11 is 0. The summed E-state index contributed by atoms with van der Waals surface area (Å²) in [7, 11) is 0. The summed E-state index contributed by atoms with van der Waals surface area (Å²) in [5.74, 6) is -2.27. The number of aliphatic carboxylic acids is 2. The van der Waals surface area contributed by atoms with Crippen LogP contribution in [-0.2, 0) is 20.8 Å². The Bertz CT molecular complexity index is 493. The molecule has 0 aliphatic carbocycles. The highest BCUT2D eigenvalue weighted by molar-refractivity contribution is 5.82. The van der Waals surface area contributed by atoms with Gasteiger partial charge in [0, 0.05) is 0 Å². The van der Waals surface area contributed by atoms with Crippen LogP contribution in [0, 0.1) is 0 Å². The highest BCUT2D eigenvalue weighted by atomic mass is 16.4. The maximum absolute atomic E-state index is 11.1. The summed E-state index contributed by atoms with van der Waals surface area (Å²) in [6.07, 6.45) is 1.35. The summed E-state index contributed by atoms with van der Waals surface area (Å²) in [6.45, 7) is 0.173. The van der Waals surface area contributed by atoms with Crippen molar-refractivity contribution in [2.45, 2.75) is 25.3 Å². The fourth-order valence-electron chi connectivity index (χ4n) is 1.48. The van der Waals surface area contributed by atoms with E-state index in [1.54, 1.807) is 0 Å². The predicted molar refractivity (Wildman–Crippen MR) is 84.7 cm³/mol. The molecule has 0 fully saturated rings. The van der Waals surface area contributed by atoms with Gasteiger partial charge in [-0.2, -0.15) is 0 Å². The first-order chi connectivity index (χ1) is 10.9. The van der Waals surface area contributed by atoms with Crippen LogP contribution in [0.2, 0.25) is 0 Å². The summed E-state index contributed by atoms with van der Waals surface area (Å²) in [4.78, 5) is 31.3. The standard InChI is InChI=1S/C10H11NO3.C5H12N2O2/c12-9(11-7-10(13)14)6-8-4-2-1-3-5-8;6-3-1-2-4(7)5(8)9/h1-5H,6-7H2,(H,11,12)(H,13,14);4H,1-3,6-7H2,(H,8,9)/t;4-/m.0/s1. The number of rotatable bonds is 8. The topological polar surface area (TPSA) is 156 Å². The van der Waals surface area contributed by atoms with E-state index >= 15 is 0 Å². The summed E-state index contributed by atoms with van der Waals surface area (Å²) in [6, 6.07) is 8.42. The zero-order valence-corrected chi connectivity index (χ0v) is 12.8. The lowest BCUT2D eigenvalue weighted by molar-refractivity contribution is -0.139. The van der Waals surface area contributed by atoms with E-state index in [4.69, 9.17) is 21.7 Å². The Morgan fingerprint density at radius 1 is 1.13 bits per heavy atom. The third kappa shape index (κ3) is 11.8. The Balaban J connectivity index is 0.000000468. The van der Waals surface area contributed by atoms with Crippen molar-refractivity contribution < 1.29 is 24.6 Å². The van der Waals surface area contributed by atoms with Gasteiger partial charge in [0.15, 0.2) is 0 Å². The zero-order valence-electron chi connectivity index (χ0n) is 12.8. The van der Waals surface area contributed by atoms with Crippen molar-refractivity contribution >= 4 is 17.8 Å². The largest absolute Gasteiger partial charge is 0.480 e. The van der Waals surface area contributed by atoms with Crippen LogP contribution in [0.4, 0.5) is 0 Å². The summed E-state index contributed by atoms with van der Waals surface area (Å²) in [5.41, 5.74) is 11.1. The highest BCUT2D eigenvalue weighted by Crippen LogP contribution is 1.98. The van der Waals surface area contributed by atoms with Crippen molar-refractivity contribution in [1.29, 1.82) is 0 Å². The van der Waals surface area contributed by atoms with Crippen LogP contribution in [0.25, 0.3) is 0 Å². The second kappa shape index (κ2) is 12.1. The van der Waals surface area contributed by atoms with Crippen LogP contribution in [0.1, 0.15) is 18.4 Å². The lowest BCUT2D eigenvalue weighted by Crippen LogP contribution is -2.30. The SMILES string of the molecule is NCCC[C@H](N)C(=O)O.O=C(O)CNC(=O)Cc1ccccc1. The van der Waals surface area contributed by atoms with Gasteiger partial charge >= 0.3 is 11.9 Å². The number of carbonyl (C=O) groups excluding carboxylic acids is 1. The molecular weight excluding hydrogens is 302 g/mol. The minimum Gasteiger partial charge on any atom is -0.480 e. The number of hydrogen-bond donors (Lipinski definition) is 5. The molecule has 128 valence electrons. The second-order valence-corrected chi connectivity index (χ2v) is 4.71. The number of amides is 1. The van der Waals surface area contributed by atoms with E-state index in [0.29, 0.717) is 19.4 Å². The molecule has 1 rings (SSSR count). The van der Waals surface area contributed by atoms with Gasteiger partial charge in [-0.15, -0.1) is 0 Å². The van der Waals surface area contributed by atoms with Gasteiger partial charge in [-0.05, 0) is 24.9 Å². The molecule has 0 heterocycles. The molecule has 0 radical (unpaired) electrons. The first kappa shape index (κ1) is 20.6. The number of carbonyl (C=O) groups is 3. The third-order valence-corrected chi connectivity index (χ3v) is 2.68. The van der Waals surface area contributed by atoms with Gasteiger partial charge in [-0.3, -0.25) is 14.4 Å². The second-order valence-electron chi connectivity index (χ2n) is 4.71. The average Bonchev–Trinajstić information content (AvgIpc) is 2.52. The van der Waals surface area contributed by atoms with Crippen LogP contribution >= 0.6 is 0 Å². The summed E-state index contributed by atoms with van der Waals surface area (Å²) in [5, 5.41) is 18.8. The Hall–Kier alpha value is -2.45. The molecule has 0 spiro atoms. The van der Waals surface area contributed by atoms with Crippen molar-refractivity contribution in [1.82, 2.24) is 5.32 Å². The first-order valence-electron chi connectivity index (χ1n) is 7.07. The van der Waals surface area contributed by atoms with E-state index in [9.17, 15) is 14.4 Å². The maximum atomic E-state index is 11.1. The molecule has 23 heavy (non-hydrogen) atoms. The van der Waals surface area contributed by atoms with E-state index in [0.717, 1.165) is 5.56 Å². The number of benzene rings is 1. The van der Waals surface area contributed by atoms with Crippen LogP contribution < -0.4 is 16.8 Å². The molecule has 0 unspecified atom stereocenters. The molecule has 8 nitrogen and oxygen atoms in total. The molecule has 1 aromatic rings. The van der Waals surface area contributed by atoms with Crippen molar-refractivity contribution in [3.8, 4) is 0 Å². The van der Waals surface area contributed by atoms with Gasteiger partial charge in [0.25, 0.3) is 0 Å². The maximum Gasteiger partial charge on any atom is 0.322 e.